The summed E-state index contributed by atoms with van der Waals surface area (Å²) in [5, 5.41) is 2.33. The molecule has 15 heavy (non-hydrogen) atoms. The first kappa shape index (κ1) is 13.5. The molecule has 0 fully saturated rings. The first-order valence-electron chi connectivity index (χ1n) is 4.51. The predicted octanol–water partition coefficient (Wildman–Crippen LogP) is -0.630. The van der Waals surface area contributed by atoms with Crippen molar-refractivity contribution in [2.24, 2.45) is 5.73 Å². The van der Waals surface area contributed by atoms with Crippen LogP contribution < -0.4 is 11.1 Å². The van der Waals surface area contributed by atoms with Crippen molar-refractivity contribution in [2.75, 3.05) is 40.4 Å². The largest absolute Gasteiger partial charge is 0.448 e. The van der Waals surface area contributed by atoms with E-state index < -0.39 is 12.2 Å². The van der Waals surface area contributed by atoms with Crippen molar-refractivity contribution in [3.63, 3.8) is 0 Å². The topological polar surface area (TPSA) is 93.9 Å². The van der Waals surface area contributed by atoms with E-state index in [-0.39, 0.29) is 13.2 Å². The number of likely N-dealkylation sites (N-methyl/N-ethyl adjacent to an activating group) is 1. The molecule has 0 aromatic heterocycles. The molecule has 88 valence electrons. The highest BCUT2D eigenvalue weighted by Crippen LogP contribution is 1.85. The normalized spacial score (nSPS) is 9.80. The summed E-state index contributed by atoms with van der Waals surface area (Å²) in [5.41, 5.74) is 4.78. The third-order valence-electron chi connectivity index (χ3n) is 1.63. The van der Waals surface area contributed by atoms with Crippen molar-refractivity contribution in [1.29, 1.82) is 0 Å². The van der Waals surface area contributed by atoms with E-state index in [4.69, 9.17) is 10.5 Å². The van der Waals surface area contributed by atoms with Crippen LogP contribution >= 0.6 is 0 Å². The molecule has 0 unspecified atom stereocenters. The SMILES string of the molecule is CNC(=O)OCCN(C)CCOC(N)=O. The van der Waals surface area contributed by atoms with E-state index in [2.05, 4.69) is 10.1 Å². The van der Waals surface area contributed by atoms with Gasteiger partial charge in [-0.3, -0.25) is 4.90 Å². The number of alkyl carbamates (subject to hydrolysis) is 1. The zero-order valence-electron chi connectivity index (χ0n) is 8.99. The summed E-state index contributed by atoms with van der Waals surface area (Å²) in [7, 11) is 3.31. The molecular weight excluding hydrogens is 202 g/mol. The van der Waals surface area contributed by atoms with Crippen molar-refractivity contribution in [1.82, 2.24) is 10.2 Å². The maximum Gasteiger partial charge on any atom is 0.406 e. The van der Waals surface area contributed by atoms with E-state index in [1.807, 2.05) is 11.9 Å². The van der Waals surface area contributed by atoms with Gasteiger partial charge in [0, 0.05) is 20.1 Å². The minimum atomic E-state index is -0.787. The molecule has 0 atom stereocenters. The van der Waals surface area contributed by atoms with E-state index in [0.717, 1.165) is 0 Å². The van der Waals surface area contributed by atoms with E-state index in [9.17, 15) is 9.59 Å². The molecule has 0 aromatic rings. The molecule has 0 aliphatic heterocycles. The van der Waals surface area contributed by atoms with Crippen LogP contribution in [0.15, 0.2) is 0 Å². The Morgan fingerprint density at radius 3 is 2.27 bits per heavy atom. The number of rotatable bonds is 6. The van der Waals surface area contributed by atoms with E-state index in [1.165, 1.54) is 7.05 Å². The maximum absolute atomic E-state index is 10.7. The lowest BCUT2D eigenvalue weighted by Crippen LogP contribution is -2.30. The Hall–Kier alpha value is -1.50. The molecule has 3 N–H and O–H groups in total. The molecule has 7 nitrogen and oxygen atoms in total. The van der Waals surface area contributed by atoms with Crippen LogP contribution in [0.1, 0.15) is 0 Å². The Kier molecular flexibility index (Phi) is 7.08. The van der Waals surface area contributed by atoms with E-state index in [1.54, 1.807) is 0 Å². The quantitative estimate of drug-likeness (QED) is 0.620. The molecule has 7 heteroatoms. The molecule has 2 amide bonds. The van der Waals surface area contributed by atoms with Gasteiger partial charge in [-0.15, -0.1) is 0 Å². The summed E-state index contributed by atoms with van der Waals surface area (Å²) in [5.74, 6) is 0. The molecular formula is C8H17N3O4. The highest BCUT2D eigenvalue weighted by Gasteiger charge is 2.02. The van der Waals surface area contributed by atoms with Gasteiger partial charge in [0.25, 0.3) is 0 Å². The van der Waals surface area contributed by atoms with Gasteiger partial charge in [0.05, 0.1) is 0 Å². The number of primary amides is 1. The summed E-state index contributed by atoms with van der Waals surface area (Å²) in [6.45, 7) is 1.62. The fourth-order valence-electron chi connectivity index (χ4n) is 0.780. The predicted molar refractivity (Wildman–Crippen MR) is 53.4 cm³/mol. The van der Waals surface area contributed by atoms with Crippen LogP contribution in [-0.2, 0) is 9.47 Å². The van der Waals surface area contributed by atoms with Crippen LogP contribution in [0.2, 0.25) is 0 Å². The van der Waals surface area contributed by atoms with Gasteiger partial charge in [0.1, 0.15) is 13.2 Å². The number of ether oxygens (including phenoxy) is 2. The summed E-state index contributed by atoms with van der Waals surface area (Å²) in [6.07, 6.45) is -1.25. The second kappa shape index (κ2) is 7.86. The molecule has 0 heterocycles. The number of nitrogens with two attached hydrogens (primary N) is 1. The maximum atomic E-state index is 10.7. The van der Waals surface area contributed by atoms with Gasteiger partial charge >= 0.3 is 12.2 Å². The van der Waals surface area contributed by atoms with Crippen molar-refractivity contribution in [3.8, 4) is 0 Å². The lowest BCUT2D eigenvalue weighted by molar-refractivity contribution is 0.120. The summed E-state index contributed by atoms with van der Waals surface area (Å²) >= 11 is 0. The lowest BCUT2D eigenvalue weighted by atomic mass is 10.5. The third kappa shape index (κ3) is 8.82. The lowest BCUT2D eigenvalue weighted by Gasteiger charge is -2.15. The fraction of sp³-hybridized carbons (Fsp3) is 0.750. The smallest absolute Gasteiger partial charge is 0.406 e. The van der Waals surface area contributed by atoms with Gasteiger partial charge in [-0.2, -0.15) is 0 Å². The molecule has 0 radical (unpaired) electrons. The first-order valence-corrected chi connectivity index (χ1v) is 4.51. The van der Waals surface area contributed by atoms with Crippen molar-refractivity contribution in [2.45, 2.75) is 0 Å². The number of carbonyl (C=O) groups excluding carboxylic acids is 2. The molecule has 0 rings (SSSR count). The average Bonchev–Trinajstić information content (AvgIpc) is 2.17. The number of carbonyl (C=O) groups is 2. The van der Waals surface area contributed by atoms with Crippen LogP contribution in [0, 0.1) is 0 Å². The van der Waals surface area contributed by atoms with Crippen molar-refractivity contribution < 1.29 is 19.1 Å². The van der Waals surface area contributed by atoms with Gasteiger partial charge < -0.3 is 20.5 Å². The minimum absolute atomic E-state index is 0.228. The molecule has 0 bridgehead atoms. The van der Waals surface area contributed by atoms with Crippen LogP contribution in [0.3, 0.4) is 0 Å². The van der Waals surface area contributed by atoms with Gasteiger partial charge in [0.15, 0.2) is 0 Å². The second-order valence-corrected chi connectivity index (χ2v) is 2.86. The minimum Gasteiger partial charge on any atom is -0.448 e. The molecule has 0 saturated heterocycles. The van der Waals surface area contributed by atoms with Crippen LogP contribution in [0.5, 0.6) is 0 Å². The number of hydrogen-bond donors (Lipinski definition) is 2. The highest BCUT2D eigenvalue weighted by molar-refractivity contribution is 5.66. The van der Waals surface area contributed by atoms with Gasteiger partial charge in [0.2, 0.25) is 0 Å². The third-order valence-corrected chi connectivity index (χ3v) is 1.63. The van der Waals surface area contributed by atoms with Gasteiger partial charge in [-0.05, 0) is 7.05 Å². The Morgan fingerprint density at radius 1 is 1.27 bits per heavy atom. The Morgan fingerprint density at radius 2 is 1.80 bits per heavy atom. The summed E-state index contributed by atoms with van der Waals surface area (Å²) in [4.78, 5) is 22.7. The monoisotopic (exact) mass is 219 g/mol. The Balaban J connectivity index is 3.37. The van der Waals surface area contributed by atoms with E-state index >= 15 is 0 Å². The number of nitrogens with one attached hydrogen (secondary N) is 1. The highest BCUT2D eigenvalue weighted by atomic mass is 16.6. The van der Waals surface area contributed by atoms with Crippen LogP contribution in [0.4, 0.5) is 9.59 Å². The fourth-order valence-corrected chi connectivity index (χ4v) is 0.780. The van der Waals surface area contributed by atoms with Gasteiger partial charge in [-0.1, -0.05) is 0 Å². The number of hydrogen-bond acceptors (Lipinski definition) is 5. The molecule has 0 aliphatic carbocycles. The molecule has 0 aromatic carbocycles. The van der Waals surface area contributed by atoms with Gasteiger partial charge in [-0.25, -0.2) is 9.59 Å². The zero-order chi connectivity index (χ0) is 11.7. The Labute approximate surface area is 88.5 Å². The second-order valence-electron chi connectivity index (χ2n) is 2.86. The van der Waals surface area contributed by atoms with Crippen molar-refractivity contribution in [3.05, 3.63) is 0 Å². The first-order chi connectivity index (χ1) is 7.06. The molecule has 0 aliphatic rings. The number of nitrogens with zero attached hydrogens (tertiary/aromatic N) is 1. The molecule has 0 spiro atoms. The number of amides is 2. The standard InChI is InChI=1S/C8H17N3O4/c1-10-8(13)15-6-4-11(2)3-5-14-7(9)12/h3-6H2,1-2H3,(H2,9,12)(H,10,13). The van der Waals surface area contributed by atoms with Crippen LogP contribution in [-0.4, -0.2) is 57.5 Å². The average molecular weight is 219 g/mol. The Bertz CT molecular complexity index is 210. The summed E-state index contributed by atoms with van der Waals surface area (Å²) < 4.78 is 9.30. The van der Waals surface area contributed by atoms with Crippen LogP contribution in [0.25, 0.3) is 0 Å². The summed E-state index contributed by atoms with van der Waals surface area (Å²) in [6, 6.07) is 0. The van der Waals surface area contributed by atoms with E-state index in [0.29, 0.717) is 13.1 Å². The van der Waals surface area contributed by atoms with Crippen molar-refractivity contribution >= 4 is 12.2 Å². The zero-order valence-corrected chi connectivity index (χ0v) is 8.99. The molecule has 0 saturated carbocycles.